The molecular formula is C16H26N4O. The highest BCUT2D eigenvalue weighted by molar-refractivity contribution is 5.79. The van der Waals surface area contributed by atoms with Gasteiger partial charge in [0.25, 0.3) is 0 Å². The molecule has 0 radical (unpaired) electrons. The lowest BCUT2D eigenvalue weighted by atomic mass is 10.1. The fourth-order valence-corrected chi connectivity index (χ4v) is 3.52. The third-order valence-electron chi connectivity index (χ3n) is 5.08. The average molecular weight is 290 g/mol. The second kappa shape index (κ2) is 6.18. The van der Waals surface area contributed by atoms with Crippen LogP contribution in [-0.2, 0) is 18.4 Å². The zero-order valence-electron chi connectivity index (χ0n) is 13.1. The lowest BCUT2D eigenvalue weighted by Crippen LogP contribution is -2.38. The van der Waals surface area contributed by atoms with Crippen molar-refractivity contribution in [3.63, 3.8) is 0 Å². The zero-order chi connectivity index (χ0) is 14.8. The number of aromatic nitrogens is 2. The Morgan fingerprint density at radius 2 is 2.14 bits per heavy atom. The van der Waals surface area contributed by atoms with E-state index in [9.17, 15) is 4.79 Å². The second-order valence-electron chi connectivity index (χ2n) is 6.59. The van der Waals surface area contributed by atoms with Gasteiger partial charge in [-0.05, 0) is 32.7 Å². The van der Waals surface area contributed by atoms with Crippen molar-refractivity contribution < 1.29 is 4.79 Å². The van der Waals surface area contributed by atoms with Crippen molar-refractivity contribution >= 4 is 5.91 Å². The van der Waals surface area contributed by atoms with E-state index in [4.69, 9.17) is 0 Å². The molecule has 3 rings (SSSR count). The van der Waals surface area contributed by atoms with E-state index in [0.717, 1.165) is 38.9 Å². The van der Waals surface area contributed by atoms with Gasteiger partial charge in [-0.25, -0.2) is 0 Å². The van der Waals surface area contributed by atoms with Gasteiger partial charge in [-0.3, -0.25) is 14.4 Å². The molecule has 1 aromatic heterocycles. The third kappa shape index (κ3) is 3.28. The largest absolute Gasteiger partial charge is 0.353 e. The Morgan fingerprint density at radius 1 is 1.38 bits per heavy atom. The van der Waals surface area contributed by atoms with Gasteiger partial charge in [0.2, 0.25) is 5.91 Å². The van der Waals surface area contributed by atoms with Crippen molar-refractivity contribution in [3.8, 4) is 0 Å². The van der Waals surface area contributed by atoms with Crippen molar-refractivity contribution in [2.45, 2.75) is 51.6 Å². The lowest BCUT2D eigenvalue weighted by Gasteiger charge is -2.17. The fraction of sp³-hybridized carbons (Fsp3) is 0.750. The molecule has 5 heteroatoms. The van der Waals surface area contributed by atoms with Crippen LogP contribution in [0.25, 0.3) is 0 Å². The highest BCUT2D eigenvalue weighted by atomic mass is 16.2. The summed E-state index contributed by atoms with van der Waals surface area (Å²) in [5, 5.41) is 7.53. The number of nitrogens with zero attached hydrogens (tertiary/aromatic N) is 3. The van der Waals surface area contributed by atoms with Crippen molar-refractivity contribution in [2.24, 2.45) is 13.0 Å². The van der Waals surface area contributed by atoms with E-state index in [2.05, 4.69) is 22.2 Å². The number of hydrogen-bond acceptors (Lipinski definition) is 3. The van der Waals surface area contributed by atoms with Crippen molar-refractivity contribution in [3.05, 3.63) is 17.5 Å². The summed E-state index contributed by atoms with van der Waals surface area (Å²) in [6.07, 6.45) is 7.79. The SMILES string of the molecule is Cc1c(CN2CC[C@@H](C(=O)NC3CCCC3)C2)cnn1C. The molecule has 1 aliphatic carbocycles. The first-order valence-electron chi connectivity index (χ1n) is 8.13. The Labute approximate surface area is 126 Å². The maximum Gasteiger partial charge on any atom is 0.224 e. The molecule has 0 bridgehead atoms. The van der Waals surface area contributed by atoms with Crippen LogP contribution in [0.3, 0.4) is 0 Å². The van der Waals surface area contributed by atoms with Crippen LogP contribution < -0.4 is 5.32 Å². The number of nitrogens with one attached hydrogen (secondary N) is 1. The predicted octanol–water partition coefficient (Wildman–Crippen LogP) is 1.61. The summed E-state index contributed by atoms with van der Waals surface area (Å²) in [6.45, 7) is 4.90. The Morgan fingerprint density at radius 3 is 2.81 bits per heavy atom. The van der Waals surface area contributed by atoms with Gasteiger partial charge in [-0.1, -0.05) is 12.8 Å². The maximum absolute atomic E-state index is 12.3. The van der Waals surface area contributed by atoms with Crippen molar-refractivity contribution in [1.29, 1.82) is 0 Å². The summed E-state index contributed by atoms with van der Waals surface area (Å²) in [7, 11) is 1.97. The van der Waals surface area contributed by atoms with Crippen LogP contribution in [-0.4, -0.2) is 39.7 Å². The summed E-state index contributed by atoms with van der Waals surface area (Å²) in [5.74, 6) is 0.440. The molecule has 2 fully saturated rings. The standard InChI is InChI=1S/C16H26N4O/c1-12-14(9-17-19(12)2)11-20-8-7-13(10-20)16(21)18-15-5-3-4-6-15/h9,13,15H,3-8,10-11H2,1-2H3,(H,18,21)/t13-/m1/s1. The highest BCUT2D eigenvalue weighted by Crippen LogP contribution is 2.22. The third-order valence-corrected chi connectivity index (χ3v) is 5.08. The molecule has 2 heterocycles. The Balaban J connectivity index is 1.50. The first-order chi connectivity index (χ1) is 10.1. The summed E-state index contributed by atoms with van der Waals surface area (Å²) in [6, 6.07) is 0.437. The number of likely N-dealkylation sites (tertiary alicyclic amines) is 1. The summed E-state index contributed by atoms with van der Waals surface area (Å²) in [5.41, 5.74) is 2.49. The van der Waals surface area contributed by atoms with Gasteiger partial charge >= 0.3 is 0 Å². The highest BCUT2D eigenvalue weighted by Gasteiger charge is 2.30. The van der Waals surface area contributed by atoms with Crippen molar-refractivity contribution in [2.75, 3.05) is 13.1 Å². The predicted molar refractivity (Wildman–Crippen MR) is 81.7 cm³/mol. The normalized spacial score (nSPS) is 23.8. The molecule has 1 saturated carbocycles. The fourth-order valence-electron chi connectivity index (χ4n) is 3.52. The van der Waals surface area contributed by atoms with Crippen LogP contribution in [0.4, 0.5) is 0 Å². The molecule has 1 atom stereocenters. The van der Waals surface area contributed by atoms with Gasteiger partial charge in [0.05, 0.1) is 12.1 Å². The molecule has 1 aromatic rings. The lowest BCUT2D eigenvalue weighted by molar-refractivity contribution is -0.125. The van der Waals surface area contributed by atoms with E-state index in [1.54, 1.807) is 0 Å². The van der Waals surface area contributed by atoms with Gasteiger partial charge < -0.3 is 5.32 Å². The van der Waals surface area contributed by atoms with Crippen molar-refractivity contribution in [1.82, 2.24) is 20.0 Å². The monoisotopic (exact) mass is 290 g/mol. The minimum Gasteiger partial charge on any atom is -0.353 e. The molecular weight excluding hydrogens is 264 g/mol. The maximum atomic E-state index is 12.3. The summed E-state index contributed by atoms with van der Waals surface area (Å²) < 4.78 is 1.91. The topological polar surface area (TPSA) is 50.2 Å². The minimum atomic E-state index is 0.169. The molecule has 0 aromatic carbocycles. The van der Waals surface area contributed by atoms with E-state index < -0.39 is 0 Å². The van der Waals surface area contributed by atoms with Gasteiger partial charge in [0, 0.05) is 37.4 Å². The molecule has 0 spiro atoms. The molecule has 21 heavy (non-hydrogen) atoms. The van der Waals surface area contributed by atoms with Gasteiger partial charge in [-0.15, -0.1) is 0 Å². The van der Waals surface area contributed by atoms with Crippen LogP contribution in [0.2, 0.25) is 0 Å². The van der Waals surface area contributed by atoms with E-state index in [1.807, 2.05) is 17.9 Å². The Bertz CT molecular complexity index is 504. The first-order valence-corrected chi connectivity index (χ1v) is 8.13. The number of hydrogen-bond donors (Lipinski definition) is 1. The minimum absolute atomic E-state index is 0.169. The van der Waals surface area contributed by atoms with Crippen LogP contribution in [0.15, 0.2) is 6.20 Å². The average Bonchev–Trinajstić information content (AvgIpc) is 3.18. The molecule has 2 aliphatic rings. The quantitative estimate of drug-likeness (QED) is 0.916. The molecule has 1 saturated heterocycles. The van der Waals surface area contributed by atoms with E-state index in [-0.39, 0.29) is 11.8 Å². The van der Waals surface area contributed by atoms with E-state index in [1.165, 1.54) is 24.1 Å². The summed E-state index contributed by atoms with van der Waals surface area (Å²) >= 11 is 0. The molecule has 5 nitrogen and oxygen atoms in total. The number of rotatable bonds is 4. The number of carbonyl (C=O) groups excluding carboxylic acids is 1. The number of aryl methyl sites for hydroxylation is 1. The molecule has 1 amide bonds. The number of amides is 1. The van der Waals surface area contributed by atoms with Gasteiger partial charge in [0.1, 0.15) is 0 Å². The van der Waals surface area contributed by atoms with E-state index >= 15 is 0 Å². The van der Waals surface area contributed by atoms with Gasteiger partial charge in [0.15, 0.2) is 0 Å². The van der Waals surface area contributed by atoms with Crippen LogP contribution >= 0.6 is 0 Å². The Hall–Kier alpha value is -1.36. The first kappa shape index (κ1) is 14.6. The van der Waals surface area contributed by atoms with E-state index in [0.29, 0.717) is 6.04 Å². The van der Waals surface area contributed by atoms with Crippen LogP contribution in [0.1, 0.15) is 43.4 Å². The molecule has 0 unspecified atom stereocenters. The number of carbonyl (C=O) groups is 1. The van der Waals surface area contributed by atoms with Crippen LogP contribution in [0, 0.1) is 12.8 Å². The van der Waals surface area contributed by atoms with Crippen LogP contribution in [0.5, 0.6) is 0 Å². The molecule has 116 valence electrons. The summed E-state index contributed by atoms with van der Waals surface area (Å²) in [4.78, 5) is 14.7. The Kier molecular flexibility index (Phi) is 4.29. The smallest absolute Gasteiger partial charge is 0.224 e. The second-order valence-corrected chi connectivity index (χ2v) is 6.59. The molecule has 1 aliphatic heterocycles. The van der Waals surface area contributed by atoms with Gasteiger partial charge in [-0.2, -0.15) is 5.10 Å². The zero-order valence-corrected chi connectivity index (χ0v) is 13.1. The molecule has 1 N–H and O–H groups in total.